The van der Waals surface area contributed by atoms with E-state index >= 15 is 0 Å². The zero-order valence-electron chi connectivity index (χ0n) is 22.6. The molecule has 0 spiro atoms. The molecule has 0 radical (unpaired) electrons. The highest BCUT2D eigenvalue weighted by Gasteiger charge is 2.42. The fourth-order valence-corrected chi connectivity index (χ4v) is 6.56. The highest BCUT2D eigenvalue weighted by atomic mass is 19.4. The predicted octanol–water partition coefficient (Wildman–Crippen LogP) is 6.20. The Morgan fingerprint density at radius 3 is 2.56 bits per heavy atom. The van der Waals surface area contributed by atoms with E-state index in [9.17, 15) is 18.0 Å². The summed E-state index contributed by atoms with van der Waals surface area (Å²) in [6, 6.07) is 10.5. The normalized spacial score (nSPS) is 22.8. The van der Waals surface area contributed by atoms with Crippen molar-refractivity contribution in [2.24, 2.45) is 18.9 Å². The summed E-state index contributed by atoms with van der Waals surface area (Å²) in [4.78, 5) is 15.1. The number of amides is 1. The number of carbonyl (C=O) groups is 1. The van der Waals surface area contributed by atoms with Gasteiger partial charge in [-0.25, -0.2) is 0 Å². The summed E-state index contributed by atoms with van der Waals surface area (Å²) in [5.74, 6) is 1.51. The maximum Gasteiger partial charge on any atom is 0.416 e. The summed E-state index contributed by atoms with van der Waals surface area (Å²) in [6.07, 6.45) is 2.40. The summed E-state index contributed by atoms with van der Waals surface area (Å²) in [5, 5.41) is 11.9. The number of carbonyl (C=O) groups excluding carboxylic acids is 1. The maximum absolute atomic E-state index is 14.2. The number of alkyl halides is 3. The van der Waals surface area contributed by atoms with E-state index in [1.54, 1.807) is 18.5 Å². The number of hydrogen-bond acceptors (Lipinski definition) is 4. The van der Waals surface area contributed by atoms with E-state index < -0.39 is 17.6 Å². The Labute approximate surface area is 226 Å². The molecule has 1 atom stereocenters. The van der Waals surface area contributed by atoms with Gasteiger partial charge in [-0.3, -0.25) is 4.79 Å². The molecule has 39 heavy (non-hydrogen) atoms. The molecule has 6 nitrogen and oxygen atoms in total. The second kappa shape index (κ2) is 9.47. The van der Waals surface area contributed by atoms with Crippen molar-refractivity contribution in [2.75, 3.05) is 4.90 Å². The van der Waals surface area contributed by atoms with Crippen LogP contribution in [0, 0.1) is 11.8 Å². The zero-order valence-corrected chi connectivity index (χ0v) is 22.6. The lowest BCUT2D eigenvalue weighted by Gasteiger charge is -2.39. The number of rotatable bonds is 7. The van der Waals surface area contributed by atoms with Crippen molar-refractivity contribution in [1.29, 1.82) is 0 Å². The largest absolute Gasteiger partial charge is 0.416 e. The third-order valence-corrected chi connectivity index (χ3v) is 9.03. The van der Waals surface area contributed by atoms with Crippen molar-refractivity contribution >= 4 is 11.6 Å². The molecule has 2 saturated carbocycles. The van der Waals surface area contributed by atoms with Gasteiger partial charge in [-0.05, 0) is 91.8 Å². The number of hydrogen-bond donors (Lipinski definition) is 1. The van der Waals surface area contributed by atoms with Crippen LogP contribution in [0.4, 0.5) is 18.9 Å². The molecular weight excluding hydrogens is 503 g/mol. The summed E-state index contributed by atoms with van der Waals surface area (Å²) in [6.45, 7) is 4.52. The topological polar surface area (TPSA) is 63.1 Å². The van der Waals surface area contributed by atoms with Gasteiger partial charge in [-0.15, -0.1) is 10.2 Å². The molecule has 2 aliphatic carbocycles. The average Bonchev–Trinajstić information content (AvgIpc) is 3.43. The molecule has 3 aromatic rings. The minimum atomic E-state index is -4.55. The van der Waals surface area contributed by atoms with Crippen molar-refractivity contribution in [3.05, 3.63) is 76.4 Å². The van der Waals surface area contributed by atoms with Crippen LogP contribution in [0.1, 0.15) is 90.3 Å². The fraction of sp³-hybridized carbons (Fsp3) is 0.500. The van der Waals surface area contributed by atoms with Crippen LogP contribution in [-0.4, -0.2) is 26.2 Å². The van der Waals surface area contributed by atoms with Crippen LogP contribution in [0.25, 0.3) is 0 Å². The first-order valence-corrected chi connectivity index (χ1v) is 13.8. The molecule has 2 heterocycles. The molecule has 6 rings (SSSR count). The Morgan fingerprint density at radius 2 is 1.95 bits per heavy atom. The van der Waals surface area contributed by atoms with Crippen LogP contribution >= 0.6 is 0 Å². The average molecular weight is 538 g/mol. The third kappa shape index (κ3) is 4.75. The van der Waals surface area contributed by atoms with E-state index in [-0.39, 0.29) is 29.1 Å². The number of nitrogens with one attached hydrogen (secondary N) is 1. The number of halogens is 3. The number of benzene rings is 2. The smallest absolute Gasteiger partial charge is 0.320 e. The lowest BCUT2D eigenvalue weighted by Crippen LogP contribution is -2.47. The van der Waals surface area contributed by atoms with E-state index in [4.69, 9.17) is 0 Å². The number of anilines is 1. The Hall–Kier alpha value is -3.20. The van der Waals surface area contributed by atoms with Crippen LogP contribution in [0.3, 0.4) is 0 Å². The van der Waals surface area contributed by atoms with Crippen LogP contribution in [-0.2, 0) is 26.3 Å². The van der Waals surface area contributed by atoms with Gasteiger partial charge >= 0.3 is 6.18 Å². The van der Waals surface area contributed by atoms with Gasteiger partial charge in [0, 0.05) is 36.3 Å². The summed E-state index contributed by atoms with van der Waals surface area (Å²) < 4.78 is 44.5. The van der Waals surface area contributed by atoms with Gasteiger partial charge in [0.1, 0.15) is 12.2 Å². The van der Waals surface area contributed by atoms with Crippen molar-refractivity contribution in [3.63, 3.8) is 0 Å². The zero-order chi connectivity index (χ0) is 27.5. The molecule has 1 aromatic heterocycles. The van der Waals surface area contributed by atoms with Gasteiger partial charge < -0.3 is 14.8 Å². The first kappa shape index (κ1) is 26.0. The van der Waals surface area contributed by atoms with Gasteiger partial charge in [-0.1, -0.05) is 19.1 Å². The number of nitrogens with zero attached hydrogens (tertiary/aromatic N) is 4. The van der Waals surface area contributed by atoms with Crippen molar-refractivity contribution in [3.8, 4) is 0 Å². The standard InChI is InChI=1S/C30H34F3N5O/c1-18-10-21(11-18)26(27-36-35-17-37(27)3)20-6-4-7-22(14-20)38-16-24-23(28(38)39)12-19(13-25(24)30(31,32)33)15-34-29(2)8-5-9-29/h4,6-7,12-14,17-18,21,26,34H,5,8-11,15-16H2,1-3H3/t18-,21+,26-/m1/s1. The first-order valence-electron chi connectivity index (χ1n) is 13.8. The molecule has 2 fully saturated rings. The van der Waals surface area contributed by atoms with Gasteiger partial charge in [0.25, 0.3) is 5.91 Å². The summed E-state index contributed by atoms with van der Waals surface area (Å²) in [5.41, 5.74) is 1.51. The number of aromatic nitrogens is 3. The molecule has 0 saturated heterocycles. The molecule has 2 aromatic carbocycles. The monoisotopic (exact) mass is 537 g/mol. The van der Waals surface area contributed by atoms with Gasteiger partial charge in [0.2, 0.25) is 0 Å². The Balaban J connectivity index is 1.33. The van der Waals surface area contributed by atoms with Crippen molar-refractivity contribution in [1.82, 2.24) is 20.1 Å². The highest BCUT2D eigenvalue weighted by Crippen LogP contribution is 2.47. The number of fused-ring (bicyclic) bond motifs is 1. The Bertz CT molecular complexity index is 1400. The second-order valence-corrected chi connectivity index (χ2v) is 12.0. The minimum absolute atomic E-state index is 0.00464. The molecule has 0 unspecified atom stereocenters. The molecule has 1 aliphatic heterocycles. The van der Waals surface area contributed by atoms with E-state index in [2.05, 4.69) is 29.4 Å². The molecule has 206 valence electrons. The van der Waals surface area contributed by atoms with E-state index in [1.165, 1.54) is 11.0 Å². The molecule has 0 bridgehead atoms. The molecule has 1 N–H and O–H groups in total. The lowest BCUT2D eigenvalue weighted by molar-refractivity contribution is -0.138. The van der Waals surface area contributed by atoms with E-state index in [0.29, 0.717) is 29.6 Å². The SMILES string of the molecule is Cn1cnnc1[C@H](c1cccc(N2Cc3c(cc(CNC4(C)CCC4)cc3C(F)(F)F)C2=O)c1)[C@H]1C[C@@H](C)C1. The van der Waals surface area contributed by atoms with Gasteiger partial charge in [-0.2, -0.15) is 13.2 Å². The van der Waals surface area contributed by atoms with Gasteiger partial charge in [0.15, 0.2) is 0 Å². The third-order valence-electron chi connectivity index (χ3n) is 9.03. The van der Waals surface area contributed by atoms with Crippen LogP contribution in [0.2, 0.25) is 0 Å². The first-order chi connectivity index (χ1) is 18.5. The van der Waals surface area contributed by atoms with Crippen LogP contribution < -0.4 is 10.2 Å². The quantitative estimate of drug-likeness (QED) is 0.390. The Kier molecular flexibility index (Phi) is 6.32. The predicted molar refractivity (Wildman–Crippen MR) is 142 cm³/mol. The molecular formula is C30H34F3N5O. The second-order valence-electron chi connectivity index (χ2n) is 12.0. The molecule has 3 aliphatic rings. The van der Waals surface area contributed by atoms with Crippen molar-refractivity contribution in [2.45, 2.75) is 76.7 Å². The summed E-state index contributed by atoms with van der Waals surface area (Å²) in [7, 11) is 1.92. The lowest BCUT2D eigenvalue weighted by atomic mass is 9.67. The highest BCUT2D eigenvalue weighted by molar-refractivity contribution is 6.10. The molecule has 9 heteroatoms. The number of aryl methyl sites for hydroxylation is 1. The fourth-order valence-electron chi connectivity index (χ4n) is 6.56. The van der Waals surface area contributed by atoms with E-state index in [0.717, 1.165) is 43.5 Å². The van der Waals surface area contributed by atoms with Crippen molar-refractivity contribution < 1.29 is 18.0 Å². The molecule has 1 amide bonds. The Morgan fingerprint density at radius 1 is 1.18 bits per heavy atom. The van der Waals surface area contributed by atoms with E-state index in [1.807, 2.05) is 29.8 Å². The maximum atomic E-state index is 14.2. The van der Waals surface area contributed by atoms with Crippen LogP contribution in [0.5, 0.6) is 0 Å². The minimum Gasteiger partial charge on any atom is -0.320 e. The van der Waals surface area contributed by atoms with Gasteiger partial charge in [0.05, 0.1) is 12.1 Å². The summed E-state index contributed by atoms with van der Waals surface area (Å²) >= 11 is 0. The van der Waals surface area contributed by atoms with Crippen LogP contribution in [0.15, 0.2) is 42.7 Å².